The van der Waals surface area contributed by atoms with Crippen molar-refractivity contribution in [3.63, 3.8) is 0 Å². The Bertz CT molecular complexity index is 744. The molecule has 0 heterocycles. The standard InChI is InChI=1S/C17H11ClO2/c18-9-3-4-11-7-8-14-15(10-11)12-5-1-2-6-13(12)16(19)17(14)20/h1-8,10H,9H2. The monoisotopic (exact) mass is 282 g/mol. The number of ketones is 2. The van der Waals surface area contributed by atoms with Gasteiger partial charge < -0.3 is 0 Å². The Kier molecular flexibility index (Phi) is 3.25. The number of fused-ring (bicyclic) bond motifs is 3. The second kappa shape index (κ2) is 5.06. The highest BCUT2D eigenvalue weighted by Crippen LogP contribution is 2.34. The highest BCUT2D eigenvalue weighted by atomic mass is 35.5. The summed E-state index contributed by atoms with van der Waals surface area (Å²) in [6, 6.07) is 12.6. The Morgan fingerprint density at radius 3 is 2.20 bits per heavy atom. The van der Waals surface area contributed by atoms with E-state index in [1.807, 2.05) is 36.4 Å². The van der Waals surface area contributed by atoms with Crippen molar-refractivity contribution < 1.29 is 9.59 Å². The van der Waals surface area contributed by atoms with Gasteiger partial charge in [0.25, 0.3) is 0 Å². The molecule has 0 aromatic heterocycles. The molecular weight excluding hydrogens is 272 g/mol. The van der Waals surface area contributed by atoms with Gasteiger partial charge in [-0.25, -0.2) is 0 Å². The normalized spacial score (nSPS) is 13.4. The van der Waals surface area contributed by atoms with Gasteiger partial charge in [-0.2, -0.15) is 0 Å². The maximum Gasteiger partial charge on any atom is 0.234 e. The first kappa shape index (κ1) is 12.8. The maximum absolute atomic E-state index is 12.1. The van der Waals surface area contributed by atoms with Gasteiger partial charge in [-0.3, -0.25) is 9.59 Å². The molecule has 3 heteroatoms. The fraction of sp³-hybridized carbons (Fsp3) is 0.0588. The van der Waals surface area contributed by atoms with E-state index in [0.29, 0.717) is 17.0 Å². The molecule has 0 saturated carbocycles. The summed E-state index contributed by atoms with van der Waals surface area (Å²) in [7, 11) is 0. The largest absolute Gasteiger partial charge is 0.285 e. The van der Waals surface area contributed by atoms with Crippen molar-refractivity contribution in [3.05, 3.63) is 65.2 Å². The minimum atomic E-state index is -0.438. The topological polar surface area (TPSA) is 34.1 Å². The van der Waals surface area contributed by atoms with Crippen LogP contribution in [0.25, 0.3) is 17.2 Å². The second-order valence-corrected chi connectivity index (χ2v) is 4.87. The Labute approximate surface area is 121 Å². The van der Waals surface area contributed by atoms with Crippen LogP contribution in [0.2, 0.25) is 0 Å². The van der Waals surface area contributed by atoms with Crippen molar-refractivity contribution in [2.24, 2.45) is 0 Å². The number of allylic oxidation sites excluding steroid dienone is 1. The summed E-state index contributed by atoms with van der Waals surface area (Å²) in [4.78, 5) is 24.2. The molecule has 1 aliphatic carbocycles. The summed E-state index contributed by atoms with van der Waals surface area (Å²) in [6.07, 6.45) is 3.74. The number of hydrogen-bond acceptors (Lipinski definition) is 2. The lowest BCUT2D eigenvalue weighted by Crippen LogP contribution is -2.21. The molecule has 0 spiro atoms. The Hall–Kier alpha value is -2.19. The molecule has 98 valence electrons. The van der Waals surface area contributed by atoms with E-state index in [1.54, 1.807) is 18.2 Å². The molecule has 0 saturated heterocycles. The van der Waals surface area contributed by atoms with Crippen molar-refractivity contribution in [2.75, 3.05) is 5.88 Å². The van der Waals surface area contributed by atoms with Crippen LogP contribution in [0.1, 0.15) is 26.3 Å². The van der Waals surface area contributed by atoms with E-state index < -0.39 is 11.6 Å². The molecule has 0 radical (unpaired) electrons. The third kappa shape index (κ3) is 1.98. The number of carbonyl (C=O) groups is 2. The lowest BCUT2D eigenvalue weighted by molar-refractivity contribution is 0.0815. The molecule has 0 amide bonds. The minimum absolute atomic E-state index is 0.433. The number of halogens is 1. The van der Waals surface area contributed by atoms with Gasteiger partial charge in [-0.15, -0.1) is 11.6 Å². The number of carbonyl (C=O) groups excluding carboxylic acids is 2. The van der Waals surface area contributed by atoms with E-state index in [-0.39, 0.29) is 0 Å². The number of alkyl halides is 1. The Balaban J connectivity index is 2.23. The molecular formula is C17H11ClO2. The predicted octanol–water partition coefficient (Wildman–Crippen LogP) is 3.98. The molecule has 0 aliphatic heterocycles. The first-order valence-electron chi connectivity index (χ1n) is 6.27. The summed E-state index contributed by atoms with van der Waals surface area (Å²) in [5, 5.41) is 0. The third-order valence-corrected chi connectivity index (χ3v) is 3.53. The van der Waals surface area contributed by atoms with E-state index in [2.05, 4.69) is 0 Å². The molecule has 2 aromatic carbocycles. The average molecular weight is 283 g/mol. The number of hydrogen-bond donors (Lipinski definition) is 0. The van der Waals surface area contributed by atoms with E-state index in [4.69, 9.17) is 11.6 Å². The first-order chi connectivity index (χ1) is 9.72. The van der Waals surface area contributed by atoms with Gasteiger partial charge in [-0.1, -0.05) is 42.5 Å². The predicted molar refractivity (Wildman–Crippen MR) is 80.3 cm³/mol. The maximum atomic E-state index is 12.1. The average Bonchev–Trinajstić information content (AvgIpc) is 2.50. The van der Waals surface area contributed by atoms with Gasteiger partial charge in [0.2, 0.25) is 11.6 Å². The van der Waals surface area contributed by atoms with E-state index in [0.717, 1.165) is 16.7 Å². The summed E-state index contributed by atoms with van der Waals surface area (Å²) in [5.74, 6) is -0.436. The van der Waals surface area contributed by atoms with E-state index >= 15 is 0 Å². The molecule has 0 bridgehead atoms. The van der Waals surface area contributed by atoms with E-state index in [9.17, 15) is 9.59 Å². The number of benzene rings is 2. The van der Waals surface area contributed by atoms with Crippen molar-refractivity contribution in [2.45, 2.75) is 0 Å². The zero-order chi connectivity index (χ0) is 14.1. The molecule has 0 unspecified atom stereocenters. The molecule has 0 fully saturated rings. The minimum Gasteiger partial charge on any atom is -0.285 e. The van der Waals surface area contributed by atoms with Gasteiger partial charge in [0.05, 0.1) is 0 Å². The number of rotatable bonds is 2. The van der Waals surface area contributed by atoms with Crippen LogP contribution in [-0.4, -0.2) is 17.4 Å². The smallest absolute Gasteiger partial charge is 0.234 e. The quantitative estimate of drug-likeness (QED) is 0.617. The zero-order valence-electron chi connectivity index (χ0n) is 10.6. The van der Waals surface area contributed by atoms with Crippen molar-refractivity contribution in [1.29, 1.82) is 0 Å². The van der Waals surface area contributed by atoms with Gasteiger partial charge in [0.15, 0.2) is 0 Å². The molecule has 1 aliphatic rings. The molecule has 3 rings (SSSR count). The van der Waals surface area contributed by atoms with Crippen molar-refractivity contribution >= 4 is 29.2 Å². The van der Waals surface area contributed by atoms with Crippen LogP contribution in [0.3, 0.4) is 0 Å². The van der Waals surface area contributed by atoms with Crippen molar-refractivity contribution in [1.82, 2.24) is 0 Å². The fourth-order valence-electron chi connectivity index (χ4n) is 2.43. The summed E-state index contributed by atoms with van der Waals surface area (Å²) in [6.45, 7) is 0. The highest BCUT2D eigenvalue weighted by Gasteiger charge is 2.29. The lowest BCUT2D eigenvalue weighted by atomic mass is 9.83. The summed E-state index contributed by atoms with van der Waals surface area (Å²) >= 11 is 5.63. The van der Waals surface area contributed by atoms with Crippen molar-refractivity contribution in [3.8, 4) is 11.1 Å². The molecule has 20 heavy (non-hydrogen) atoms. The van der Waals surface area contributed by atoms with Crippen LogP contribution in [-0.2, 0) is 0 Å². The fourth-order valence-corrected chi connectivity index (χ4v) is 2.52. The SMILES string of the molecule is O=C1C(=O)c2ccc(C=CCCl)cc2-c2ccccc21. The van der Waals surface area contributed by atoms with Gasteiger partial charge in [0.1, 0.15) is 0 Å². The van der Waals surface area contributed by atoms with Gasteiger partial charge in [0, 0.05) is 17.0 Å². The van der Waals surface area contributed by atoms with Crippen LogP contribution in [0.15, 0.2) is 48.5 Å². The van der Waals surface area contributed by atoms with Crippen LogP contribution >= 0.6 is 11.6 Å². The molecule has 2 aromatic rings. The van der Waals surface area contributed by atoms with Crippen LogP contribution in [0.4, 0.5) is 0 Å². The highest BCUT2D eigenvalue weighted by molar-refractivity contribution is 6.53. The first-order valence-corrected chi connectivity index (χ1v) is 6.81. The van der Waals surface area contributed by atoms with Crippen LogP contribution in [0, 0.1) is 0 Å². The van der Waals surface area contributed by atoms with Crippen LogP contribution in [0.5, 0.6) is 0 Å². The molecule has 2 nitrogen and oxygen atoms in total. The van der Waals surface area contributed by atoms with E-state index in [1.165, 1.54) is 0 Å². The second-order valence-electron chi connectivity index (χ2n) is 4.57. The number of Topliss-reactive ketones (excluding diaryl/α,β-unsaturated/α-hetero) is 2. The van der Waals surface area contributed by atoms with Gasteiger partial charge in [-0.05, 0) is 28.8 Å². The Morgan fingerprint density at radius 1 is 0.850 bits per heavy atom. The summed E-state index contributed by atoms with van der Waals surface area (Å²) in [5.41, 5.74) is 3.52. The molecule has 0 atom stereocenters. The lowest BCUT2D eigenvalue weighted by Gasteiger charge is -2.18. The zero-order valence-corrected chi connectivity index (χ0v) is 11.4. The third-order valence-electron chi connectivity index (χ3n) is 3.36. The summed E-state index contributed by atoms with van der Waals surface area (Å²) < 4.78 is 0. The Morgan fingerprint density at radius 2 is 1.50 bits per heavy atom. The molecule has 0 N–H and O–H groups in total. The van der Waals surface area contributed by atoms with Gasteiger partial charge >= 0.3 is 0 Å². The van der Waals surface area contributed by atoms with Crippen LogP contribution < -0.4 is 0 Å².